The van der Waals surface area contributed by atoms with Crippen LogP contribution in [0.25, 0.3) is 21.7 Å². The van der Waals surface area contributed by atoms with E-state index in [-0.39, 0.29) is 12.3 Å². The molecule has 0 saturated carbocycles. The molecule has 5 rings (SSSR count). The average molecular weight is 843 g/mol. The minimum atomic E-state index is -0.534. The van der Waals surface area contributed by atoms with E-state index in [4.69, 9.17) is 29.4 Å². The zero-order valence-corrected chi connectivity index (χ0v) is 32.5. The van der Waals surface area contributed by atoms with Gasteiger partial charge in [-0.3, -0.25) is 0 Å². The lowest BCUT2D eigenvalue weighted by atomic mass is 10.3. The van der Waals surface area contributed by atoms with Crippen LogP contribution < -0.4 is 5.73 Å². The van der Waals surface area contributed by atoms with Gasteiger partial charge in [-0.15, -0.1) is 24.0 Å². The third-order valence-electron chi connectivity index (χ3n) is 6.01. The molecule has 0 aliphatic heterocycles. The van der Waals surface area contributed by atoms with Gasteiger partial charge in [0.05, 0.1) is 35.0 Å². The molecule has 2 aromatic carbocycles. The summed E-state index contributed by atoms with van der Waals surface area (Å²) in [6.45, 7) is 11.2. The van der Waals surface area contributed by atoms with Crippen molar-refractivity contribution in [2.24, 2.45) is 0 Å². The first kappa shape index (κ1) is 40.1. The number of nitrogen functional groups attached to an aromatic ring is 1. The van der Waals surface area contributed by atoms with E-state index in [0.717, 1.165) is 25.0 Å². The second kappa shape index (κ2) is 20.4. The van der Waals surface area contributed by atoms with Crippen molar-refractivity contribution in [3.8, 4) is 11.4 Å². The summed E-state index contributed by atoms with van der Waals surface area (Å²) in [5, 5.41) is 8.51. The maximum atomic E-state index is 11.9. The number of nitrogens with zero attached hydrogens (tertiary/aromatic N) is 5. The van der Waals surface area contributed by atoms with Gasteiger partial charge in [-0.1, -0.05) is 44.0 Å². The molecule has 264 valence electrons. The van der Waals surface area contributed by atoms with Crippen molar-refractivity contribution >= 4 is 83.9 Å². The van der Waals surface area contributed by atoms with Crippen molar-refractivity contribution in [1.29, 1.82) is 0 Å². The number of thiazole rings is 1. The molecular formula is C32H38Br2N6O7S2. The van der Waals surface area contributed by atoms with E-state index >= 15 is 0 Å². The van der Waals surface area contributed by atoms with E-state index in [1.54, 1.807) is 24.0 Å². The minimum absolute atomic E-state index is 0.114. The van der Waals surface area contributed by atoms with E-state index in [1.807, 2.05) is 69.3 Å². The first-order valence-corrected chi connectivity index (χ1v) is 18.1. The fourth-order valence-corrected chi connectivity index (χ4v) is 5.73. The molecular weight excluding hydrogens is 804 g/mol. The predicted octanol–water partition coefficient (Wildman–Crippen LogP) is 7.48. The van der Waals surface area contributed by atoms with Crippen molar-refractivity contribution in [2.75, 3.05) is 38.8 Å². The Balaban J connectivity index is 0.000000211. The van der Waals surface area contributed by atoms with Gasteiger partial charge in [0.15, 0.2) is 17.0 Å². The van der Waals surface area contributed by atoms with Gasteiger partial charge in [-0.05, 0) is 71.0 Å². The molecule has 5 aromatic rings. The summed E-state index contributed by atoms with van der Waals surface area (Å²) in [6, 6.07) is 15.1. The van der Waals surface area contributed by atoms with Crippen molar-refractivity contribution in [1.82, 2.24) is 24.5 Å². The molecule has 0 aliphatic carbocycles. The first-order valence-electron chi connectivity index (χ1n) is 15.2. The van der Waals surface area contributed by atoms with Crippen LogP contribution in [0.2, 0.25) is 0 Å². The fraction of sp³-hybridized carbons (Fsp3) is 0.344. The number of halogens is 2. The summed E-state index contributed by atoms with van der Waals surface area (Å²) in [5.41, 5.74) is 10.3. The van der Waals surface area contributed by atoms with Crippen LogP contribution in [0.15, 0.2) is 67.9 Å². The van der Waals surface area contributed by atoms with Crippen LogP contribution in [-0.4, -0.2) is 76.0 Å². The Bertz CT molecular complexity index is 1800. The standard InChI is InChI=1S/C13H10BrN3O2S.C12H12BrN3O2S.C7H16O3/c1-2-19-13(18)10-11-12(15-7-20-11)17(16-10)9-5-3-4-8(14)6-9;1-2-18-12(17)9-10(19)11(14)16(15-9)8-5-3-4-7(13)6-8;1-4-8-7(9-5-2)10-6-3/h3-7H,2H2,1H3;3-6,19H,2,14H2,1H3;7H,4-6H2,1-3H3. The molecule has 0 fully saturated rings. The third kappa shape index (κ3) is 11.1. The van der Waals surface area contributed by atoms with Crippen LogP contribution >= 0.6 is 55.8 Å². The second-order valence-corrected chi connectivity index (χ2v) is 12.4. The summed E-state index contributed by atoms with van der Waals surface area (Å²) in [6.07, 6.45) is 0. The van der Waals surface area contributed by atoms with Gasteiger partial charge in [-0.25, -0.2) is 23.9 Å². The Morgan fingerprint density at radius 2 is 1.29 bits per heavy atom. The fourth-order valence-electron chi connectivity index (χ4n) is 3.98. The number of hydrogen-bond acceptors (Lipinski definition) is 13. The van der Waals surface area contributed by atoms with Crippen LogP contribution in [0.3, 0.4) is 0 Å². The molecule has 0 radical (unpaired) electrons. The highest BCUT2D eigenvalue weighted by atomic mass is 79.9. The minimum Gasteiger partial charge on any atom is -0.461 e. The van der Waals surface area contributed by atoms with Gasteiger partial charge in [-0.2, -0.15) is 10.2 Å². The second-order valence-electron chi connectivity index (χ2n) is 9.32. The van der Waals surface area contributed by atoms with E-state index in [1.165, 1.54) is 16.0 Å². The Morgan fingerprint density at radius 1 is 0.796 bits per heavy atom. The van der Waals surface area contributed by atoms with Crippen molar-refractivity contribution in [3.05, 3.63) is 74.4 Å². The van der Waals surface area contributed by atoms with E-state index in [0.29, 0.717) is 48.5 Å². The highest BCUT2D eigenvalue weighted by molar-refractivity contribution is 9.10. The van der Waals surface area contributed by atoms with Gasteiger partial charge in [0.25, 0.3) is 6.48 Å². The van der Waals surface area contributed by atoms with Crippen LogP contribution in [-0.2, 0) is 23.7 Å². The van der Waals surface area contributed by atoms with Crippen molar-refractivity contribution in [3.63, 3.8) is 0 Å². The SMILES string of the molecule is CCOC(=O)c1nn(-c2cccc(Br)c2)c(N)c1S.CCOC(=O)c1nn(-c2cccc(Br)c2)c2ncsc12.CCOC(OCC)OCC. The summed E-state index contributed by atoms with van der Waals surface area (Å²) in [5.74, 6) is -0.659. The molecule has 0 aliphatic rings. The highest BCUT2D eigenvalue weighted by Crippen LogP contribution is 2.27. The average Bonchev–Trinajstić information content (AvgIpc) is 3.77. The number of carbonyl (C=O) groups is 2. The predicted molar refractivity (Wildman–Crippen MR) is 198 cm³/mol. The van der Waals surface area contributed by atoms with Crippen LogP contribution in [0.5, 0.6) is 0 Å². The molecule has 0 amide bonds. The number of anilines is 1. The van der Waals surface area contributed by atoms with Crippen LogP contribution in [0.1, 0.15) is 55.6 Å². The van der Waals surface area contributed by atoms with Gasteiger partial charge in [0.1, 0.15) is 10.5 Å². The van der Waals surface area contributed by atoms with E-state index in [2.05, 4.69) is 59.7 Å². The lowest BCUT2D eigenvalue weighted by Crippen LogP contribution is -2.20. The number of hydrogen-bond donors (Lipinski definition) is 2. The molecule has 13 nitrogen and oxygen atoms in total. The van der Waals surface area contributed by atoms with Gasteiger partial charge in [0.2, 0.25) is 0 Å². The lowest BCUT2D eigenvalue weighted by molar-refractivity contribution is -0.282. The highest BCUT2D eigenvalue weighted by Gasteiger charge is 2.22. The number of fused-ring (bicyclic) bond motifs is 1. The number of esters is 2. The number of carbonyl (C=O) groups excluding carboxylic acids is 2. The molecule has 0 atom stereocenters. The molecule has 0 bridgehead atoms. The maximum absolute atomic E-state index is 11.9. The molecule has 3 aromatic heterocycles. The summed E-state index contributed by atoms with van der Waals surface area (Å²) < 4.78 is 30.9. The molecule has 49 heavy (non-hydrogen) atoms. The number of benzene rings is 2. The number of aromatic nitrogens is 5. The first-order chi connectivity index (χ1) is 23.6. The molecule has 0 spiro atoms. The quantitative estimate of drug-likeness (QED) is 0.0730. The largest absolute Gasteiger partial charge is 0.461 e. The van der Waals surface area contributed by atoms with Crippen molar-refractivity contribution in [2.45, 2.75) is 46.0 Å². The molecule has 2 N–H and O–H groups in total. The van der Waals surface area contributed by atoms with Crippen LogP contribution in [0.4, 0.5) is 5.82 Å². The van der Waals surface area contributed by atoms with Gasteiger partial charge in [0, 0.05) is 28.8 Å². The number of nitrogens with two attached hydrogens (primary N) is 1. The monoisotopic (exact) mass is 840 g/mol. The zero-order chi connectivity index (χ0) is 35.9. The topological polar surface area (TPSA) is 155 Å². The Labute approximate surface area is 310 Å². The molecule has 0 unspecified atom stereocenters. The van der Waals surface area contributed by atoms with Gasteiger partial charge < -0.3 is 29.4 Å². The Morgan fingerprint density at radius 3 is 1.78 bits per heavy atom. The molecule has 3 heterocycles. The molecule has 0 saturated heterocycles. The maximum Gasteiger partial charge on any atom is 0.360 e. The number of thiol groups is 1. The smallest absolute Gasteiger partial charge is 0.360 e. The number of rotatable bonds is 12. The summed E-state index contributed by atoms with van der Waals surface area (Å²) >= 11 is 12.4. The van der Waals surface area contributed by atoms with E-state index in [9.17, 15) is 9.59 Å². The summed E-state index contributed by atoms with van der Waals surface area (Å²) in [7, 11) is 0. The third-order valence-corrected chi connectivity index (χ3v) is 8.26. The van der Waals surface area contributed by atoms with Crippen LogP contribution in [0, 0.1) is 0 Å². The van der Waals surface area contributed by atoms with Crippen molar-refractivity contribution < 1.29 is 33.3 Å². The molecule has 17 heteroatoms. The normalized spacial score (nSPS) is 10.7. The Kier molecular flexibility index (Phi) is 16.7. The van der Waals surface area contributed by atoms with Gasteiger partial charge >= 0.3 is 11.9 Å². The Hall–Kier alpha value is -3.32. The zero-order valence-electron chi connectivity index (χ0n) is 27.6. The lowest BCUT2D eigenvalue weighted by Gasteiger charge is -2.15. The number of ether oxygens (including phenoxy) is 5. The van der Waals surface area contributed by atoms with E-state index < -0.39 is 18.4 Å². The summed E-state index contributed by atoms with van der Waals surface area (Å²) in [4.78, 5) is 28.3.